The summed E-state index contributed by atoms with van der Waals surface area (Å²) in [6.45, 7) is 6.65. The van der Waals surface area contributed by atoms with E-state index in [2.05, 4.69) is 40.4 Å². The van der Waals surface area contributed by atoms with Crippen LogP contribution in [-0.2, 0) is 13.0 Å². The maximum Gasteiger partial charge on any atom is 0.193 e. The summed E-state index contributed by atoms with van der Waals surface area (Å²) in [5.41, 5.74) is 11.3. The number of nitrogens with zero attached hydrogens (tertiary/aromatic N) is 2. The zero-order chi connectivity index (χ0) is 15.2. The zero-order valence-corrected chi connectivity index (χ0v) is 12.9. The van der Waals surface area contributed by atoms with Crippen LogP contribution in [0.15, 0.2) is 41.4 Å². The second-order valence-electron chi connectivity index (χ2n) is 5.09. The largest absolute Gasteiger partial charge is 0.370 e. The van der Waals surface area contributed by atoms with Crippen LogP contribution in [0.3, 0.4) is 0 Å². The number of guanidine groups is 1. The Kier molecular flexibility index (Phi) is 4.93. The molecule has 0 saturated heterocycles. The molecular formula is C17H22N4. The Morgan fingerprint density at radius 3 is 2.76 bits per heavy atom. The fourth-order valence-corrected chi connectivity index (χ4v) is 1.99. The molecule has 1 aromatic heterocycles. The molecule has 0 atom stereocenters. The molecule has 0 unspecified atom stereocenters. The molecule has 0 aliphatic carbocycles. The van der Waals surface area contributed by atoms with Gasteiger partial charge in [-0.15, -0.1) is 0 Å². The molecule has 0 saturated carbocycles. The highest BCUT2D eigenvalue weighted by atomic mass is 15.1. The van der Waals surface area contributed by atoms with E-state index in [0.29, 0.717) is 12.5 Å². The van der Waals surface area contributed by atoms with Gasteiger partial charge in [0.2, 0.25) is 0 Å². The van der Waals surface area contributed by atoms with E-state index in [-0.39, 0.29) is 0 Å². The Bertz CT molecular complexity index is 647. The van der Waals surface area contributed by atoms with Crippen LogP contribution in [-0.4, -0.2) is 10.9 Å². The predicted molar refractivity (Wildman–Crippen MR) is 88.5 cm³/mol. The smallest absolute Gasteiger partial charge is 0.193 e. The van der Waals surface area contributed by atoms with Crippen molar-refractivity contribution in [2.24, 2.45) is 10.7 Å². The van der Waals surface area contributed by atoms with E-state index in [9.17, 15) is 0 Å². The van der Waals surface area contributed by atoms with Crippen molar-refractivity contribution in [1.29, 1.82) is 0 Å². The second-order valence-corrected chi connectivity index (χ2v) is 5.09. The normalized spacial score (nSPS) is 11.5. The first-order chi connectivity index (χ1) is 10.1. The fraction of sp³-hybridized carbons (Fsp3) is 0.294. The topological polar surface area (TPSA) is 63.3 Å². The van der Waals surface area contributed by atoms with Crippen LogP contribution in [0.5, 0.6) is 0 Å². The van der Waals surface area contributed by atoms with Crippen molar-refractivity contribution in [2.75, 3.05) is 5.32 Å². The predicted octanol–water partition coefficient (Wildman–Crippen LogP) is 3.19. The first kappa shape index (κ1) is 15.0. The van der Waals surface area contributed by atoms with Gasteiger partial charge >= 0.3 is 0 Å². The monoisotopic (exact) mass is 282 g/mol. The highest BCUT2D eigenvalue weighted by Gasteiger charge is 1.99. The van der Waals surface area contributed by atoms with Gasteiger partial charge in [-0.3, -0.25) is 4.98 Å². The number of aliphatic imine (C=N–C) groups is 1. The number of rotatable bonds is 4. The molecule has 0 aliphatic rings. The summed E-state index contributed by atoms with van der Waals surface area (Å²) in [6, 6.07) is 12.2. The van der Waals surface area contributed by atoms with Gasteiger partial charge in [-0.25, -0.2) is 4.99 Å². The number of pyridine rings is 1. The summed E-state index contributed by atoms with van der Waals surface area (Å²) in [6.07, 6.45) is 0.999. The van der Waals surface area contributed by atoms with Crippen LogP contribution >= 0.6 is 0 Å². The number of hydrogen-bond donors (Lipinski definition) is 2. The first-order valence-electron chi connectivity index (χ1n) is 7.17. The molecule has 3 N–H and O–H groups in total. The number of aryl methyl sites for hydroxylation is 3. The molecular weight excluding hydrogens is 260 g/mol. The Balaban J connectivity index is 2.01. The highest BCUT2D eigenvalue weighted by Crippen LogP contribution is 2.11. The summed E-state index contributed by atoms with van der Waals surface area (Å²) < 4.78 is 0. The molecule has 1 heterocycles. The van der Waals surface area contributed by atoms with Gasteiger partial charge < -0.3 is 11.1 Å². The Morgan fingerprint density at radius 1 is 1.24 bits per heavy atom. The standard InChI is InChI=1S/C17H22N4/c1-4-14-6-5-7-15(10-14)21-17(18)19-11-16-9-8-12(2)13(3)20-16/h5-10H,4,11H2,1-3H3,(H3,18,19,21). The van der Waals surface area contributed by atoms with Crippen molar-refractivity contribution in [3.05, 3.63) is 58.9 Å². The summed E-state index contributed by atoms with van der Waals surface area (Å²) >= 11 is 0. The van der Waals surface area contributed by atoms with E-state index < -0.39 is 0 Å². The van der Waals surface area contributed by atoms with E-state index >= 15 is 0 Å². The van der Waals surface area contributed by atoms with Gasteiger partial charge in [0.15, 0.2) is 5.96 Å². The third-order valence-electron chi connectivity index (χ3n) is 3.43. The van der Waals surface area contributed by atoms with E-state index in [1.54, 1.807) is 0 Å². The Hall–Kier alpha value is -2.36. The van der Waals surface area contributed by atoms with Gasteiger partial charge in [-0.1, -0.05) is 25.1 Å². The van der Waals surface area contributed by atoms with Crippen molar-refractivity contribution in [2.45, 2.75) is 33.7 Å². The molecule has 4 heteroatoms. The molecule has 0 radical (unpaired) electrons. The average Bonchev–Trinajstić information content (AvgIpc) is 2.48. The number of nitrogens with two attached hydrogens (primary N) is 1. The van der Waals surface area contributed by atoms with Crippen molar-refractivity contribution in [3.63, 3.8) is 0 Å². The molecule has 4 nitrogen and oxygen atoms in total. The Morgan fingerprint density at radius 2 is 2.05 bits per heavy atom. The van der Waals surface area contributed by atoms with E-state index in [0.717, 1.165) is 23.5 Å². The first-order valence-corrected chi connectivity index (χ1v) is 7.17. The Labute approximate surface area is 126 Å². The van der Waals surface area contributed by atoms with Crippen molar-refractivity contribution >= 4 is 11.6 Å². The van der Waals surface area contributed by atoms with Gasteiger partial charge in [0, 0.05) is 11.4 Å². The molecule has 0 amide bonds. The molecule has 2 aromatic rings. The number of anilines is 1. The zero-order valence-electron chi connectivity index (χ0n) is 12.9. The summed E-state index contributed by atoms with van der Waals surface area (Å²) in [5, 5.41) is 3.11. The number of hydrogen-bond acceptors (Lipinski definition) is 2. The van der Waals surface area contributed by atoms with Crippen LogP contribution < -0.4 is 11.1 Å². The minimum atomic E-state index is 0.406. The van der Waals surface area contributed by atoms with Gasteiger partial charge in [-0.05, 0) is 49.6 Å². The third kappa shape index (κ3) is 4.31. The van der Waals surface area contributed by atoms with Crippen molar-refractivity contribution < 1.29 is 0 Å². The van der Waals surface area contributed by atoms with Crippen LogP contribution in [0.4, 0.5) is 5.69 Å². The summed E-state index contributed by atoms with van der Waals surface area (Å²) in [4.78, 5) is 8.83. The maximum absolute atomic E-state index is 5.92. The van der Waals surface area contributed by atoms with Gasteiger partial charge in [-0.2, -0.15) is 0 Å². The molecule has 21 heavy (non-hydrogen) atoms. The summed E-state index contributed by atoms with van der Waals surface area (Å²) in [7, 11) is 0. The lowest BCUT2D eigenvalue weighted by atomic mass is 10.1. The summed E-state index contributed by atoms with van der Waals surface area (Å²) in [5.74, 6) is 0.406. The quantitative estimate of drug-likeness (QED) is 0.668. The maximum atomic E-state index is 5.92. The second kappa shape index (κ2) is 6.88. The van der Waals surface area contributed by atoms with Crippen molar-refractivity contribution in [3.8, 4) is 0 Å². The molecule has 0 bridgehead atoms. The molecule has 0 fully saturated rings. The number of benzene rings is 1. The van der Waals surface area contributed by atoms with Gasteiger partial charge in [0.1, 0.15) is 0 Å². The van der Waals surface area contributed by atoms with Crippen molar-refractivity contribution in [1.82, 2.24) is 4.98 Å². The molecule has 1 aromatic carbocycles. The van der Waals surface area contributed by atoms with Crippen LogP contribution in [0.25, 0.3) is 0 Å². The lowest BCUT2D eigenvalue weighted by Gasteiger charge is -2.07. The van der Waals surface area contributed by atoms with Crippen LogP contribution in [0.2, 0.25) is 0 Å². The number of aromatic nitrogens is 1. The lowest BCUT2D eigenvalue weighted by molar-refractivity contribution is 0.956. The van der Waals surface area contributed by atoms with Gasteiger partial charge in [0.25, 0.3) is 0 Å². The van der Waals surface area contributed by atoms with Crippen LogP contribution in [0, 0.1) is 13.8 Å². The van der Waals surface area contributed by atoms with E-state index in [1.165, 1.54) is 11.1 Å². The third-order valence-corrected chi connectivity index (χ3v) is 3.43. The SMILES string of the molecule is CCc1cccc(NC(N)=NCc2ccc(C)c(C)n2)c1. The molecule has 110 valence electrons. The molecule has 0 spiro atoms. The minimum absolute atomic E-state index is 0.406. The minimum Gasteiger partial charge on any atom is -0.370 e. The van der Waals surface area contributed by atoms with E-state index in [1.807, 2.05) is 32.0 Å². The number of nitrogens with one attached hydrogen (secondary N) is 1. The van der Waals surface area contributed by atoms with Gasteiger partial charge in [0.05, 0.1) is 12.2 Å². The lowest BCUT2D eigenvalue weighted by Crippen LogP contribution is -2.22. The highest BCUT2D eigenvalue weighted by molar-refractivity contribution is 5.92. The molecule has 0 aliphatic heterocycles. The molecule has 2 rings (SSSR count). The van der Waals surface area contributed by atoms with E-state index in [4.69, 9.17) is 5.73 Å². The average molecular weight is 282 g/mol. The van der Waals surface area contributed by atoms with Crippen LogP contribution in [0.1, 0.15) is 29.4 Å². The fourth-order valence-electron chi connectivity index (χ4n) is 1.99.